The second-order valence-corrected chi connectivity index (χ2v) is 11.5. The van der Waals surface area contributed by atoms with Crippen molar-refractivity contribution < 1.29 is 28.7 Å². The third kappa shape index (κ3) is 11.3. The summed E-state index contributed by atoms with van der Waals surface area (Å²) in [6, 6.07) is -0.616. The molecule has 9 nitrogen and oxygen atoms in total. The van der Waals surface area contributed by atoms with Crippen LogP contribution in [0.15, 0.2) is 0 Å². The van der Waals surface area contributed by atoms with Gasteiger partial charge in [0.15, 0.2) is 5.78 Å². The predicted molar refractivity (Wildman–Crippen MR) is 134 cm³/mol. The minimum Gasteiger partial charge on any atom is -0.444 e. The van der Waals surface area contributed by atoms with Crippen LogP contribution in [-0.2, 0) is 23.9 Å². The van der Waals surface area contributed by atoms with E-state index in [0.29, 0.717) is 32.4 Å². The van der Waals surface area contributed by atoms with Crippen molar-refractivity contribution in [3.63, 3.8) is 0 Å². The second kappa shape index (κ2) is 13.1. The third-order valence-corrected chi connectivity index (χ3v) is 5.90. The van der Waals surface area contributed by atoms with Crippen LogP contribution in [0.4, 0.5) is 4.79 Å². The SMILES string of the molecule is CCCC(NC(C)(C)C)C(=O)C(=O)NCC(=O)CC(C(C)=O)C1CCN(C(=O)OC(C)(C)C)CC1. The van der Waals surface area contributed by atoms with E-state index in [1.807, 2.05) is 48.5 Å². The lowest BCUT2D eigenvalue weighted by atomic mass is 9.79. The maximum atomic E-state index is 12.6. The molecular weight excluding hydrogens is 450 g/mol. The van der Waals surface area contributed by atoms with Gasteiger partial charge in [0.2, 0.25) is 5.78 Å². The van der Waals surface area contributed by atoms with Crippen molar-refractivity contribution in [1.82, 2.24) is 15.5 Å². The van der Waals surface area contributed by atoms with Crippen molar-refractivity contribution in [3.05, 3.63) is 0 Å². The average Bonchev–Trinajstić information content (AvgIpc) is 2.72. The van der Waals surface area contributed by atoms with Gasteiger partial charge in [-0.15, -0.1) is 0 Å². The molecule has 35 heavy (non-hydrogen) atoms. The van der Waals surface area contributed by atoms with Crippen LogP contribution in [-0.4, -0.2) is 71.1 Å². The Labute approximate surface area is 210 Å². The number of Topliss-reactive ketones (excluding diaryl/α,β-unsaturated/α-hetero) is 3. The summed E-state index contributed by atoms with van der Waals surface area (Å²) in [5.41, 5.74) is -0.910. The number of amides is 2. The number of hydrogen-bond donors (Lipinski definition) is 2. The zero-order chi connectivity index (χ0) is 27.0. The summed E-state index contributed by atoms with van der Waals surface area (Å²) in [5, 5.41) is 5.60. The zero-order valence-electron chi connectivity index (χ0n) is 22.8. The molecule has 0 aliphatic carbocycles. The number of nitrogens with one attached hydrogen (secondary N) is 2. The largest absolute Gasteiger partial charge is 0.444 e. The summed E-state index contributed by atoms with van der Waals surface area (Å²) in [5.74, 6) is -2.28. The highest BCUT2D eigenvalue weighted by molar-refractivity contribution is 6.38. The van der Waals surface area contributed by atoms with Crippen LogP contribution in [0.5, 0.6) is 0 Å². The molecule has 2 unspecified atom stereocenters. The molecule has 9 heteroatoms. The highest BCUT2D eigenvalue weighted by Crippen LogP contribution is 2.29. The zero-order valence-corrected chi connectivity index (χ0v) is 22.8. The number of carbonyl (C=O) groups is 5. The van der Waals surface area contributed by atoms with Crippen molar-refractivity contribution >= 4 is 29.4 Å². The third-order valence-electron chi connectivity index (χ3n) is 5.90. The molecule has 0 bridgehead atoms. The summed E-state index contributed by atoms with van der Waals surface area (Å²) >= 11 is 0. The van der Waals surface area contributed by atoms with Crippen molar-refractivity contribution in [2.75, 3.05) is 19.6 Å². The number of rotatable bonds is 11. The van der Waals surface area contributed by atoms with Gasteiger partial charge < -0.3 is 20.3 Å². The normalized spacial score (nSPS) is 16.9. The smallest absolute Gasteiger partial charge is 0.410 e. The molecule has 2 atom stereocenters. The molecule has 0 spiro atoms. The van der Waals surface area contributed by atoms with E-state index in [4.69, 9.17) is 4.74 Å². The molecule has 200 valence electrons. The molecule has 1 heterocycles. The lowest BCUT2D eigenvalue weighted by molar-refractivity contribution is -0.140. The van der Waals surface area contributed by atoms with Crippen LogP contribution in [0.2, 0.25) is 0 Å². The maximum Gasteiger partial charge on any atom is 0.410 e. The Morgan fingerprint density at radius 3 is 2.03 bits per heavy atom. The van der Waals surface area contributed by atoms with E-state index in [1.165, 1.54) is 6.92 Å². The number of hydrogen-bond acceptors (Lipinski definition) is 7. The van der Waals surface area contributed by atoms with Crippen molar-refractivity contribution in [2.45, 2.75) is 105 Å². The van der Waals surface area contributed by atoms with Crippen molar-refractivity contribution in [1.29, 1.82) is 0 Å². The van der Waals surface area contributed by atoms with Crippen LogP contribution < -0.4 is 10.6 Å². The van der Waals surface area contributed by atoms with E-state index in [1.54, 1.807) is 4.90 Å². The standard InChI is InChI=1S/C26H45N3O6/c1-9-10-21(28-25(3,4)5)22(32)23(33)27-16-19(31)15-20(17(2)30)18-11-13-29(14-12-18)24(34)35-26(6,7)8/h18,20-21,28H,9-16H2,1-8H3,(H,27,33). The number of nitrogens with zero attached hydrogens (tertiary/aromatic N) is 1. The van der Waals surface area contributed by atoms with E-state index in [0.717, 1.165) is 6.42 Å². The van der Waals surface area contributed by atoms with Gasteiger partial charge >= 0.3 is 6.09 Å². The number of piperidine rings is 1. The van der Waals surface area contributed by atoms with Gasteiger partial charge in [0.25, 0.3) is 5.91 Å². The number of ether oxygens (including phenoxy) is 1. The molecule has 1 aliphatic rings. The summed E-state index contributed by atoms with van der Waals surface area (Å²) in [4.78, 5) is 63.8. The molecule has 0 aromatic carbocycles. The van der Waals surface area contributed by atoms with Gasteiger partial charge in [-0.25, -0.2) is 4.79 Å². The Kier molecular flexibility index (Phi) is 11.5. The highest BCUT2D eigenvalue weighted by atomic mass is 16.6. The Morgan fingerprint density at radius 1 is 1.00 bits per heavy atom. The van der Waals surface area contributed by atoms with Gasteiger partial charge in [-0.1, -0.05) is 13.3 Å². The molecule has 2 N–H and O–H groups in total. The number of likely N-dealkylation sites (tertiary alicyclic amines) is 1. The Bertz CT molecular complexity index is 773. The first-order chi connectivity index (χ1) is 16.0. The second-order valence-electron chi connectivity index (χ2n) is 11.5. The Hall–Kier alpha value is -2.29. The molecule has 1 fully saturated rings. The van der Waals surface area contributed by atoms with Crippen molar-refractivity contribution in [2.24, 2.45) is 11.8 Å². The topological polar surface area (TPSA) is 122 Å². The monoisotopic (exact) mass is 495 g/mol. The molecule has 1 aliphatic heterocycles. The molecule has 0 saturated carbocycles. The van der Waals surface area contributed by atoms with Crippen LogP contribution >= 0.6 is 0 Å². The van der Waals surface area contributed by atoms with E-state index >= 15 is 0 Å². The van der Waals surface area contributed by atoms with E-state index in [-0.39, 0.29) is 42.1 Å². The van der Waals surface area contributed by atoms with E-state index in [2.05, 4.69) is 10.6 Å². The minimum atomic E-state index is -0.793. The molecule has 0 aromatic rings. The molecule has 0 radical (unpaired) electrons. The van der Waals surface area contributed by atoms with Crippen molar-refractivity contribution in [3.8, 4) is 0 Å². The fourth-order valence-corrected chi connectivity index (χ4v) is 4.28. The Morgan fingerprint density at radius 2 is 1.57 bits per heavy atom. The maximum absolute atomic E-state index is 12.6. The van der Waals surface area contributed by atoms with Crippen LogP contribution in [0.25, 0.3) is 0 Å². The summed E-state index contributed by atoms with van der Waals surface area (Å²) < 4.78 is 5.41. The summed E-state index contributed by atoms with van der Waals surface area (Å²) in [6.45, 7) is 15.2. The van der Waals surface area contributed by atoms with Crippen LogP contribution in [0, 0.1) is 11.8 Å². The molecule has 1 rings (SSSR count). The molecule has 1 saturated heterocycles. The minimum absolute atomic E-state index is 0.000459. The lowest BCUT2D eigenvalue weighted by Crippen LogP contribution is -2.52. The van der Waals surface area contributed by atoms with Gasteiger partial charge in [-0.05, 0) is 73.6 Å². The summed E-state index contributed by atoms with van der Waals surface area (Å²) in [6.07, 6.45) is 2.07. The lowest BCUT2D eigenvalue weighted by Gasteiger charge is -2.36. The van der Waals surface area contributed by atoms with Gasteiger partial charge in [0, 0.05) is 31.0 Å². The molecular formula is C26H45N3O6. The fraction of sp³-hybridized carbons (Fsp3) is 0.808. The first-order valence-corrected chi connectivity index (χ1v) is 12.6. The van der Waals surface area contributed by atoms with Crippen LogP contribution in [0.3, 0.4) is 0 Å². The quantitative estimate of drug-likeness (QED) is 0.423. The van der Waals surface area contributed by atoms with Gasteiger partial charge in [0.05, 0.1) is 12.6 Å². The predicted octanol–water partition coefficient (Wildman–Crippen LogP) is 3.04. The van der Waals surface area contributed by atoms with Gasteiger partial charge in [0.1, 0.15) is 11.4 Å². The molecule has 0 aromatic heterocycles. The number of carbonyl (C=O) groups excluding carboxylic acids is 5. The molecule has 2 amide bonds. The average molecular weight is 496 g/mol. The first kappa shape index (κ1) is 30.7. The summed E-state index contributed by atoms with van der Waals surface area (Å²) in [7, 11) is 0. The van der Waals surface area contributed by atoms with E-state index < -0.39 is 29.3 Å². The van der Waals surface area contributed by atoms with Crippen LogP contribution in [0.1, 0.15) is 87.5 Å². The van der Waals surface area contributed by atoms with Gasteiger partial charge in [-0.3, -0.25) is 19.2 Å². The fourth-order valence-electron chi connectivity index (χ4n) is 4.28. The van der Waals surface area contributed by atoms with Gasteiger partial charge in [-0.2, -0.15) is 0 Å². The number of ketones is 3. The van der Waals surface area contributed by atoms with E-state index in [9.17, 15) is 24.0 Å². The first-order valence-electron chi connectivity index (χ1n) is 12.6. The highest BCUT2D eigenvalue weighted by Gasteiger charge is 2.34. The Balaban J connectivity index is 2.62.